The van der Waals surface area contributed by atoms with Gasteiger partial charge >= 0.3 is 159 Å². The summed E-state index contributed by atoms with van der Waals surface area (Å²) >= 11 is -0.0681. The van der Waals surface area contributed by atoms with E-state index in [2.05, 4.69) is 24.3 Å². The zero-order chi connectivity index (χ0) is 17.9. The monoisotopic (exact) mass is 406 g/mol. The second-order valence-corrected chi connectivity index (χ2v) is 8.21. The molecule has 0 atom stereocenters. The Balaban J connectivity index is 1.95. The molecule has 0 bridgehead atoms. The van der Waals surface area contributed by atoms with Gasteiger partial charge in [0.1, 0.15) is 0 Å². The Morgan fingerprint density at radius 3 is 1.88 bits per heavy atom. The van der Waals surface area contributed by atoms with Crippen LogP contribution in [0.2, 0.25) is 0 Å². The molecule has 128 valence electrons. The van der Waals surface area contributed by atoms with E-state index < -0.39 is 0 Å². The first-order chi connectivity index (χ1) is 12.8. The number of benzene rings is 3. The minimum atomic E-state index is -0.0681. The fraction of sp³-hybridized carbons (Fsp3) is 0.0455. The van der Waals surface area contributed by atoms with Gasteiger partial charge in [0.2, 0.25) is 0 Å². The number of nitrogens with zero attached hydrogens (tertiary/aromatic N) is 2. The first-order valence-corrected chi connectivity index (χ1v) is 10.1. The summed E-state index contributed by atoms with van der Waals surface area (Å²) < 4.78 is 5.82. The Kier molecular flexibility index (Phi) is 4.61. The van der Waals surface area contributed by atoms with Crippen molar-refractivity contribution in [3.05, 3.63) is 101 Å². The van der Waals surface area contributed by atoms with Crippen LogP contribution < -0.4 is 14.5 Å². The van der Waals surface area contributed by atoms with Gasteiger partial charge in [-0.1, -0.05) is 0 Å². The van der Waals surface area contributed by atoms with Crippen LogP contribution in [0, 0.1) is 0 Å². The molecule has 4 heteroatoms. The number of para-hydroxylation sites is 1. The van der Waals surface area contributed by atoms with E-state index >= 15 is 0 Å². The molecule has 0 unspecified atom stereocenters. The number of hydrogen-bond donors (Lipinski definition) is 0. The topological polar surface area (TPSA) is 26.9 Å². The van der Waals surface area contributed by atoms with Gasteiger partial charge in [-0.05, 0) is 0 Å². The van der Waals surface area contributed by atoms with Crippen molar-refractivity contribution in [3.63, 3.8) is 0 Å². The third-order valence-electron chi connectivity index (χ3n) is 4.24. The summed E-state index contributed by atoms with van der Waals surface area (Å²) in [6.45, 7) is 0. The first-order valence-electron chi connectivity index (χ1n) is 8.41. The number of hydrogen-bond acceptors (Lipinski definition) is 1. The fourth-order valence-electron chi connectivity index (χ4n) is 3.05. The molecule has 0 spiro atoms. The van der Waals surface area contributed by atoms with E-state index in [9.17, 15) is 4.79 Å². The van der Waals surface area contributed by atoms with Crippen LogP contribution in [-0.4, -0.2) is 24.3 Å². The van der Waals surface area contributed by atoms with Crippen molar-refractivity contribution in [1.29, 1.82) is 0 Å². The SMILES string of the molecule is Cn1c(-c2ccccc2)c([Se]c2ccccc2)c(=O)n1-c1ccccc1. The standard InChI is InChI=1S/C22H18N2OSe/c1-23-20(17-11-5-2-6-12-17)21(26-19-15-9-4-10-16-19)22(25)24(23)18-13-7-3-8-14-18/h2-16H,1H3. The van der Waals surface area contributed by atoms with Crippen LogP contribution in [0.3, 0.4) is 0 Å². The van der Waals surface area contributed by atoms with E-state index in [0.717, 1.165) is 21.4 Å². The van der Waals surface area contributed by atoms with Gasteiger partial charge in [-0.3, -0.25) is 0 Å². The van der Waals surface area contributed by atoms with Crippen LogP contribution in [0.25, 0.3) is 16.9 Å². The molecule has 0 aliphatic rings. The van der Waals surface area contributed by atoms with E-state index in [1.807, 2.05) is 78.5 Å². The van der Waals surface area contributed by atoms with Crippen LogP contribution in [0.15, 0.2) is 95.8 Å². The van der Waals surface area contributed by atoms with Crippen molar-refractivity contribution in [2.45, 2.75) is 0 Å². The third kappa shape index (κ3) is 3.05. The molecule has 0 aliphatic carbocycles. The fourth-order valence-corrected chi connectivity index (χ4v) is 5.25. The zero-order valence-electron chi connectivity index (χ0n) is 14.4. The zero-order valence-corrected chi connectivity index (χ0v) is 16.1. The van der Waals surface area contributed by atoms with Gasteiger partial charge in [-0.2, -0.15) is 0 Å². The average molecular weight is 405 g/mol. The Morgan fingerprint density at radius 1 is 0.731 bits per heavy atom. The summed E-state index contributed by atoms with van der Waals surface area (Å²) in [4.78, 5) is 13.3. The van der Waals surface area contributed by atoms with E-state index in [0.29, 0.717) is 0 Å². The second-order valence-electron chi connectivity index (χ2n) is 5.93. The van der Waals surface area contributed by atoms with Gasteiger partial charge in [0.15, 0.2) is 0 Å². The molecular weight excluding hydrogens is 387 g/mol. The van der Waals surface area contributed by atoms with Crippen LogP contribution >= 0.6 is 0 Å². The van der Waals surface area contributed by atoms with Gasteiger partial charge in [0.05, 0.1) is 0 Å². The summed E-state index contributed by atoms with van der Waals surface area (Å²) in [5.74, 6) is 0. The summed E-state index contributed by atoms with van der Waals surface area (Å²) in [5, 5.41) is 0. The molecule has 26 heavy (non-hydrogen) atoms. The van der Waals surface area contributed by atoms with E-state index in [1.54, 1.807) is 4.68 Å². The van der Waals surface area contributed by atoms with E-state index in [-0.39, 0.29) is 20.5 Å². The quantitative estimate of drug-likeness (QED) is 0.480. The number of rotatable bonds is 4. The average Bonchev–Trinajstić information content (AvgIpc) is 2.94. The van der Waals surface area contributed by atoms with Gasteiger partial charge in [0.25, 0.3) is 0 Å². The molecule has 4 aromatic rings. The molecule has 1 heterocycles. The Labute approximate surface area is 158 Å². The summed E-state index contributed by atoms with van der Waals surface area (Å²) in [7, 11) is 1.96. The summed E-state index contributed by atoms with van der Waals surface area (Å²) in [5.41, 5.74) is 2.99. The number of aromatic nitrogens is 2. The van der Waals surface area contributed by atoms with Gasteiger partial charge in [0, 0.05) is 0 Å². The molecule has 0 saturated heterocycles. The molecule has 0 fully saturated rings. The second kappa shape index (κ2) is 7.20. The van der Waals surface area contributed by atoms with Gasteiger partial charge in [-0.15, -0.1) is 0 Å². The van der Waals surface area contributed by atoms with Crippen LogP contribution in [-0.2, 0) is 7.05 Å². The van der Waals surface area contributed by atoms with Crippen molar-refractivity contribution in [1.82, 2.24) is 9.36 Å². The molecule has 3 nitrogen and oxygen atoms in total. The molecule has 3 aromatic carbocycles. The maximum atomic E-state index is 13.3. The predicted molar refractivity (Wildman–Crippen MR) is 108 cm³/mol. The molecule has 0 amide bonds. The Morgan fingerprint density at radius 2 is 1.27 bits per heavy atom. The summed E-state index contributed by atoms with van der Waals surface area (Å²) in [6.07, 6.45) is 0. The van der Waals surface area contributed by atoms with Crippen LogP contribution in [0.1, 0.15) is 0 Å². The molecule has 0 aliphatic heterocycles. The van der Waals surface area contributed by atoms with Crippen LogP contribution in [0.4, 0.5) is 0 Å². The molecule has 1 aromatic heterocycles. The minimum absolute atomic E-state index is 0.0569. The molecule has 0 N–H and O–H groups in total. The van der Waals surface area contributed by atoms with Crippen molar-refractivity contribution >= 4 is 23.9 Å². The van der Waals surface area contributed by atoms with Gasteiger partial charge < -0.3 is 0 Å². The van der Waals surface area contributed by atoms with Crippen molar-refractivity contribution in [3.8, 4) is 16.9 Å². The predicted octanol–water partition coefficient (Wildman–Crippen LogP) is 2.50. The molecule has 0 radical (unpaired) electrons. The Hall–Kier alpha value is -2.81. The van der Waals surface area contributed by atoms with Crippen molar-refractivity contribution in [2.75, 3.05) is 0 Å². The third-order valence-corrected chi connectivity index (χ3v) is 6.50. The normalized spacial score (nSPS) is 10.8. The van der Waals surface area contributed by atoms with Crippen molar-refractivity contribution in [2.24, 2.45) is 7.05 Å². The van der Waals surface area contributed by atoms with Gasteiger partial charge in [-0.25, -0.2) is 0 Å². The molecule has 4 rings (SSSR count). The molecular formula is C22H18N2OSe. The maximum absolute atomic E-state index is 13.3. The van der Waals surface area contributed by atoms with Crippen LogP contribution in [0.5, 0.6) is 0 Å². The Bertz CT molecular complexity index is 1070. The van der Waals surface area contributed by atoms with E-state index in [1.165, 1.54) is 4.46 Å². The van der Waals surface area contributed by atoms with E-state index in [4.69, 9.17) is 0 Å². The summed E-state index contributed by atoms with van der Waals surface area (Å²) in [6, 6.07) is 30.2. The molecule has 0 saturated carbocycles. The van der Waals surface area contributed by atoms with Crippen molar-refractivity contribution < 1.29 is 0 Å². The first kappa shape index (κ1) is 16.6.